The van der Waals surface area contributed by atoms with Crippen LogP contribution in [0.5, 0.6) is 0 Å². The van der Waals surface area contributed by atoms with Gasteiger partial charge in [0.05, 0.1) is 11.4 Å². The van der Waals surface area contributed by atoms with E-state index >= 15 is 0 Å². The minimum Gasteiger partial charge on any atom is -0.320 e. The number of fused-ring (bicyclic) bond motifs is 1. The average molecular weight is 368 g/mol. The third kappa shape index (κ3) is 2.37. The standard InChI is InChI=1S/C17H9FN4O3S/c18-9-5-7-10(8-6-9)21-15(24)16(25)22(17(21)26)20-13-11-3-1-2-4-12(11)19-14(13)23/h1-8H,(H,19,20,23). The highest BCUT2D eigenvalue weighted by Gasteiger charge is 2.44. The SMILES string of the molecule is O=C1Nc2ccccc2/C1=N\N1C(=O)C(=O)N(c2ccc(F)cc2)C1=S. The van der Waals surface area contributed by atoms with Crippen LogP contribution in [0.2, 0.25) is 0 Å². The minimum absolute atomic E-state index is 0.0231. The molecule has 0 aromatic heterocycles. The zero-order chi connectivity index (χ0) is 18.4. The van der Waals surface area contributed by atoms with Crippen LogP contribution >= 0.6 is 12.2 Å². The van der Waals surface area contributed by atoms with E-state index in [0.717, 1.165) is 17.0 Å². The van der Waals surface area contributed by atoms with E-state index in [1.54, 1.807) is 24.3 Å². The Balaban J connectivity index is 1.73. The van der Waals surface area contributed by atoms with Gasteiger partial charge in [-0.3, -0.25) is 14.4 Å². The maximum atomic E-state index is 13.1. The van der Waals surface area contributed by atoms with Crippen LogP contribution in [0.3, 0.4) is 0 Å². The van der Waals surface area contributed by atoms with Gasteiger partial charge in [0, 0.05) is 5.56 Å². The third-order valence-corrected chi connectivity index (χ3v) is 4.24. The molecule has 0 aliphatic carbocycles. The second-order valence-corrected chi connectivity index (χ2v) is 5.83. The number of hydrogen-bond donors (Lipinski definition) is 1. The van der Waals surface area contributed by atoms with Crippen LogP contribution in [0.4, 0.5) is 15.8 Å². The molecule has 2 aliphatic heterocycles. The number of hydrogen-bond acceptors (Lipinski definition) is 5. The summed E-state index contributed by atoms with van der Waals surface area (Å²) in [5, 5.41) is 7.13. The van der Waals surface area contributed by atoms with E-state index in [-0.39, 0.29) is 16.5 Å². The maximum Gasteiger partial charge on any atom is 0.339 e. The lowest BCUT2D eigenvalue weighted by atomic mass is 10.1. The molecule has 2 aromatic carbocycles. The van der Waals surface area contributed by atoms with Crippen LogP contribution in [0.15, 0.2) is 53.6 Å². The lowest BCUT2D eigenvalue weighted by Crippen LogP contribution is -2.31. The van der Waals surface area contributed by atoms with Gasteiger partial charge in [0.25, 0.3) is 5.91 Å². The second-order valence-electron chi connectivity index (χ2n) is 5.46. The number of thiocarbonyl (C=S) groups is 1. The summed E-state index contributed by atoms with van der Waals surface area (Å²) < 4.78 is 13.1. The first-order chi connectivity index (χ1) is 12.5. The molecule has 0 radical (unpaired) electrons. The quantitative estimate of drug-likeness (QED) is 0.645. The van der Waals surface area contributed by atoms with Crippen LogP contribution in [-0.4, -0.2) is 33.6 Å². The summed E-state index contributed by atoms with van der Waals surface area (Å²) in [4.78, 5) is 37.7. The number of carbonyl (C=O) groups excluding carboxylic acids is 3. The van der Waals surface area contributed by atoms with Crippen molar-refractivity contribution in [3.63, 3.8) is 0 Å². The highest BCUT2D eigenvalue weighted by Crippen LogP contribution is 2.26. The van der Waals surface area contributed by atoms with Crippen molar-refractivity contribution in [3.05, 3.63) is 59.9 Å². The number of hydrazone groups is 1. The van der Waals surface area contributed by atoms with Crippen LogP contribution in [-0.2, 0) is 14.4 Å². The number of carbonyl (C=O) groups is 3. The molecule has 9 heteroatoms. The Morgan fingerprint density at radius 3 is 2.38 bits per heavy atom. The fourth-order valence-corrected chi connectivity index (χ4v) is 2.97. The molecule has 0 atom stereocenters. The maximum absolute atomic E-state index is 13.1. The van der Waals surface area contributed by atoms with Crippen LogP contribution in [0.1, 0.15) is 5.56 Å². The first-order valence-electron chi connectivity index (χ1n) is 7.45. The minimum atomic E-state index is -0.996. The first-order valence-corrected chi connectivity index (χ1v) is 7.85. The number of halogens is 1. The van der Waals surface area contributed by atoms with Gasteiger partial charge in [0.15, 0.2) is 5.71 Å². The monoisotopic (exact) mass is 368 g/mol. The van der Waals surface area contributed by atoms with Gasteiger partial charge in [-0.2, -0.15) is 10.1 Å². The number of rotatable bonds is 2. The Kier molecular flexibility index (Phi) is 3.58. The molecule has 0 unspecified atom stereocenters. The number of amides is 3. The van der Waals surface area contributed by atoms with Crippen LogP contribution in [0.25, 0.3) is 0 Å². The summed E-state index contributed by atoms with van der Waals surface area (Å²) in [6.07, 6.45) is 0. The lowest BCUT2D eigenvalue weighted by molar-refractivity contribution is -0.139. The number of nitrogens with one attached hydrogen (secondary N) is 1. The second kappa shape index (κ2) is 5.81. The first kappa shape index (κ1) is 16.0. The van der Waals surface area contributed by atoms with Crippen molar-refractivity contribution in [2.75, 3.05) is 10.2 Å². The van der Waals surface area contributed by atoms with Crippen molar-refractivity contribution < 1.29 is 18.8 Å². The molecule has 1 saturated heterocycles. The Labute approximate surface area is 151 Å². The van der Waals surface area contributed by atoms with E-state index in [4.69, 9.17) is 12.2 Å². The molecule has 3 amide bonds. The lowest BCUT2D eigenvalue weighted by Gasteiger charge is -2.15. The fourth-order valence-electron chi connectivity index (χ4n) is 2.66. The number of benzene rings is 2. The van der Waals surface area contributed by atoms with Crippen molar-refractivity contribution in [2.45, 2.75) is 0 Å². The van der Waals surface area contributed by atoms with Crippen molar-refractivity contribution in [1.82, 2.24) is 5.01 Å². The van der Waals surface area contributed by atoms with Crippen molar-refractivity contribution in [3.8, 4) is 0 Å². The number of nitrogens with zero attached hydrogens (tertiary/aromatic N) is 3. The summed E-state index contributed by atoms with van der Waals surface area (Å²) >= 11 is 5.18. The Morgan fingerprint density at radius 2 is 1.65 bits per heavy atom. The van der Waals surface area contributed by atoms with E-state index in [0.29, 0.717) is 16.3 Å². The molecule has 2 heterocycles. The van der Waals surface area contributed by atoms with E-state index in [9.17, 15) is 18.8 Å². The highest BCUT2D eigenvalue weighted by molar-refractivity contribution is 7.80. The van der Waals surface area contributed by atoms with Gasteiger partial charge in [-0.05, 0) is 42.5 Å². The molecule has 2 aromatic rings. The van der Waals surface area contributed by atoms with E-state index < -0.39 is 23.5 Å². The van der Waals surface area contributed by atoms with Crippen LogP contribution in [0, 0.1) is 5.82 Å². The summed E-state index contributed by atoms with van der Waals surface area (Å²) in [6, 6.07) is 11.7. The molecule has 0 spiro atoms. The van der Waals surface area contributed by atoms with Gasteiger partial charge >= 0.3 is 11.8 Å². The zero-order valence-electron chi connectivity index (χ0n) is 13.0. The highest BCUT2D eigenvalue weighted by atomic mass is 32.1. The Morgan fingerprint density at radius 1 is 0.962 bits per heavy atom. The molecule has 2 aliphatic rings. The van der Waals surface area contributed by atoms with Crippen molar-refractivity contribution >= 4 is 52.1 Å². The van der Waals surface area contributed by atoms with Gasteiger partial charge in [-0.1, -0.05) is 18.2 Å². The van der Waals surface area contributed by atoms with Gasteiger partial charge in [-0.15, -0.1) is 0 Å². The van der Waals surface area contributed by atoms with E-state index in [2.05, 4.69) is 10.4 Å². The average Bonchev–Trinajstić information content (AvgIpc) is 3.05. The Hall–Kier alpha value is -3.46. The van der Waals surface area contributed by atoms with E-state index in [1.807, 2.05) is 0 Å². The third-order valence-electron chi connectivity index (χ3n) is 3.88. The normalized spacial score (nSPS) is 18.0. The summed E-state index contributed by atoms with van der Waals surface area (Å²) in [5.41, 5.74) is 1.26. The van der Waals surface area contributed by atoms with Gasteiger partial charge in [0.2, 0.25) is 5.11 Å². The molecule has 0 saturated carbocycles. The summed E-state index contributed by atoms with van der Waals surface area (Å²) in [7, 11) is 0. The molecule has 0 bridgehead atoms. The molecule has 4 rings (SSSR count). The van der Waals surface area contributed by atoms with Gasteiger partial charge in [-0.25, -0.2) is 9.29 Å². The molecular formula is C17H9FN4O3S. The van der Waals surface area contributed by atoms with E-state index in [1.165, 1.54) is 12.1 Å². The molecule has 26 heavy (non-hydrogen) atoms. The van der Waals surface area contributed by atoms with Gasteiger partial charge in [0.1, 0.15) is 5.82 Å². The predicted octanol–water partition coefficient (Wildman–Crippen LogP) is 1.64. The predicted molar refractivity (Wildman–Crippen MR) is 94.9 cm³/mol. The fraction of sp³-hybridized carbons (Fsp3) is 0. The molecule has 128 valence electrons. The summed E-state index contributed by atoms with van der Waals surface area (Å²) in [6.45, 7) is 0. The molecule has 1 N–H and O–H groups in total. The van der Waals surface area contributed by atoms with Crippen molar-refractivity contribution in [1.29, 1.82) is 0 Å². The topological polar surface area (TPSA) is 82.1 Å². The largest absolute Gasteiger partial charge is 0.339 e. The molecule has 7 nitrogen and oxygen atoms in total. The number of para-hydroxylation sites is 1. The zero-order valence-corrected chi connectivity index (χ0v) is 13.8. The van der Waals surface area contributed by atoms with Crippen LogP contribution < -0.4 is 10.2 Å². The Bertz CT molecular complexity index is 1020. The summed E-state index contributed by atoms with van der Waals surface area (Å²) in [5.74, 6) is -2.93. The molecule has 1 fully saturated rings. The number of anilines is 2. The molecular weight excluding hydrogens is 359 g/mol. The van der Waals surface area contributed by atoms with Crippen molar-refractivity contribution in [2.24, 2.45) is 5.10 Å². The van der Waals surface area contributed by atoms with Gasteiger partial charge < -0.3 is 5.32 Å². The smallest absolute Gasteiger partial charge is 0.320 e.